The molecule has 0 radical (unpaired) electrons. The van der Waals surface area contributed by atoms with Gasteiger partial charge in [-0.3, -0.25) is 4.79 Å². The van der Waals surface area contributed by atoms with Gasteiger partial charge < -0.3 is 20.0 Å². The molecule has 0 atom stereocenters. The van der Waals surface area contributed by atoms with Crippen molar-refractivity contribution < 1.29 is 26.4 Å². The molecule has 8 nitrogen and oxygen atoms in total. The number of piperazine rings is 1. The van der Waals surface area contributed by atoms with E-state index in [1.165, 1.54) is 29.3 Å². The molecule has 1 saturated heterocycles. The number of fused-ring (bicyclic) bond motifs is 1. The first-order chi connectivity index (χ1) is 15.0. The second-order valence-corrected chi connectivity index (χ2v) is 9.58. The third-order valence-electron chi connectivity index (χ3n) is 5.50. The molecule has 0 spiro atoms. The van der Waals surface area contributed by atoms with E-state index in [9.17, 15) is 26.4 Å². The third kappa shape index (κ3) is 4.80. The number of benzene rings is 1. The molecule has 3 heterocycles. The molecule has 0 aromatic heterocycles. The van der Waals surface area contributed by atoms with E-state index in [4.69, 9.17) is 0 Å². The van der Waals surface area contributed by atoms with Crippen LogP contribution in [0.5, 0.6) is 0 Å². The van der Waals surface area contributed by atoms with E-state index in [2.05, 4.69) is 14.6 Å². The molecule has 0 saturated carbocycles. The number of anilines is 2. The highest BCUT2D eigenvalue weighted by Gasteiger charge is 2.32. The number of amides is 1. The number of sulfonamides is 1. The second kappa shape index (κ2) is 8.24. The Labute approximate surface area is 183 Å². The maximum absolute atomic E-state index is 13.3. The van der Waals surface area contributed by atoms with Crippen LogP contribution in [0.4, 0.5) is 24.5 Å². The Hall–Kier alpha value is -2.86. The topological polar surface area (TPSA) is 85.3 Å². The summed E-state index contributed by atoms with van der Waals surface area (Å²) in [6.45, 7) is 2.88. The van der Waals surface area contributed by atoms with E-state index in [0.29, 0.717) is 18.8 Å². The lowest BCUT2D eigenvalue weighted by Gasteiger charge is -2.35. The Morgan fingerprint density at radius 2 is 1.81 bits per heavy atom. The molecule has 0 bridgehead atoms. The van der Waals surface area contributed by atoms with Gasteiger partial charge in [0.15, 0.2) is 0 Å². The first kappa shape index (κ1) is 22.3. The Morgan fingerprint density at radius 3 is 2.50 bits per heavy atom. The molecule has 3 aliphatic rings. The van der Waals surface area contributed by atoms with Crippen molar-refractivity contribution in [1.82, 2.24) is 9.80 Å². The van der Waals surface area contributed by atoms with Gasteiger partial charge in [0, 0.05) is 38.9 Å². The van der Waals surface area contributed by atoms with Crippen molar-refractivity contribution in [2.75, 3.05) is 55.7 Å². The average molecular weight is 469 g/mol. The molecule has 1 N–H and O–H groups in total. The lowest BCUT2D eigenvalue weighted by atomic mass is 10.1. The van der Waals surface area contributed by atoms with Crippen molar-refractivity contribution in [3.63, 3.8) is 0 Å². The van der Waals surface area contributed by atoms with Crippen LogP contribution in [0.3, 0.4) is 0 Å². The van der Waals surface area contributed by atoms with Crippen LogP contribution in [0.15, 0.2) is 46.5 Å². The van der Waals surface area contributed by atoms with Crippen molar-refractivity contribution in [3.8, 4) is 0 Å². The van der Waals surface area contributed by atoms with Gasteiger partial charge in [0.2, 0.25) is 0 Å². The fourth-order valence-corrected chi connectivity index (χ4v) is 4.63. The first-order valence-electron chi connectivity index (χ1n) is 9.97. The van der Waals surface area contributed by atoms with Crippen LogP contribution in [-0.2, 0) is 21.0 Å². The fraction of sp³-hybridized carbons (Fsp3) is 0.400. The molecule has 1 aromatic rings. The summed E-state index contributed by atoms with van der Waals surface area (Å²) < 4.78 is 66.8. The maximum Gasteiger partial charge on any atom is 0.416 e. The number of likely N-dealkylation sites (N-methyl/N-ethyl adjacent to an activating group) is 1. The minimum absolute atomic E-state index is 0.0735. The SMILES string of the molecule is CN1CCN(c2ccc(C(F)(F)F)cc2NC(=O)C2=CN3CCS(=O)(=O)N=C3C=C2)CC1. The van der Waals surface area contributed by atoms with E-state index in [1.807, 2.05) is 11.9 Å². The number of carbonyl (C=O) groups excluding carboxylic acids is 1. The quantitative estimate of drug-likeness (QED) is 0.728. The third-order valence-corrected chi connectivity index (χ3v) is 6.67. The van der Waals surface area contributed by atoms with Crippen LogP contribution in [-0.4, -0.2) is 75.5 Å². The summed E-state index contributed by atoms with van der Waals surface area (Å²) in [4.78, 5) is 18.5. The van der Waals surface area contributed by atoms with E-state index in [-0.39, 0.29) is 29.4 Å². The lowest BCUT2D eigenvalue weighted by molar-refractivity contribution is -0.137. The standard InChI is InChI=1S/C20H22F3N5O3S/c1-26-6-8-27(9-7-26)17-4-3-15(20(21,22)23)12-16(17)24-19(29)14-2-5-18-25-32(30,31)11-10-28(18)13-14/h2-5,12-13H,6-11H2,1H3,(H,24,29). The summed E-state index contributed by atoms with van der Waals surface area (Å²) >= 11 is 0. The number of halogens is 3. The molecule has 12 heteroatoms. The van der Waals surface area contributed by atoms with Crippen LogP contribution in [0, 0.1) is 0 Å². The Morgan fingerprint density at radius 1 is 1.09 bits per heavy atom. The second-order valence-electron chi connectivity index (χ2n) is 7.82. The van der Waals surface area contributed by atoms with E-state index in [1.54, 1.807) is 0 Å². The largest absolute Gasteiger partial charge is 0.416 e. The van der Waals surface area contributed by atoms with Crippen molar-refractivity contribution in [2.45, 2.75) is 6.18 Å². The van der Waals surface area contributed by atoms with Crippen molar-refractivity contribution >= 4 is 33.1 Å². The summed E-state index contributed by atoms with van der Waals surface area (Å²) in [5, 5.41) is 2.61. The number of carbonyl (C=O) groups is 1. The minimum Gasteiger partial charge on any atom is -0.367 e. The molecular weight excluding hydrogens is 447 g/mol. The van der Waals surface area contributed by atoms with Crippen LogP contribution >= 0.6 is 0 Å². The van der Waals surface area contributed by atoms with Gasteiger partial charge in [-0.15, -0.1) is 4.40 Å². The van der Waals surface area contributed by atoms with E-state index in [0.717, 1.165) is 25.2 Å². The number of hydrogen-bond donors (Lipinski definition) is 1. The van der Waals surface area contributed by atoms with Gasteiger partial charge >= 0.3 is 6.18 Å². The van der Waals surface area contributed by atoms with Gasteiger partial charge in [-0.1, -0.05) is 0 Å². The van der Waals surface area contributed by atoms with Crippen LogP contribution < -0.4 is 10.2 Å². The molecule has 1 fully saturated rings. The molecule has 3 aliphatic heterocycles. The van der Waals surface area contributed by atoms with Gasteiger partial charge in [0.25, 0.3) is 15.9 Å². The summed E-state index contributed by atoms with van der Waals surface area (Å²) in [5.74, 6) is -0.579. The van der Waals surface area contributed by atoms with Crippen molar-refractivity contribution in [3.05, 3.63) is 47.7 Å². The Kier molecular flexibility index (Phi) is 5.76. The monoisotopic (exact) mass is 469 g/mol. The summed E-state index contributed by atoms with van der Waals surface area (Å²) in [7, 11) is -1.56. The van der Waals surface area contributed by atoms with Gasteiger partial charge in [-0.05, 0) is 37.4 Å². The molecule has 1 amide bonds. The summed E-state index contributed by atoms with van der Waals surface area (Å²) in [6.07, 6.45) is -0.297. The number of rotatable bonds is 3. The van der Waals surface area contributed by atoms with Crippen molar-refractivity contribution in [1.29, 1.82) is 0 Å². The molecule has 1 aromatic carbocycles. The highest BCUT2D eigenvalue weighted by molar-refractivity contribution is 7.90. The normalized spacial score (nSPS) is 21.0. The summed E-state index contributed by atoms with van der Waals surface area (Å²) in [5.41, 5.74) is -0.0741. The Bertz CT molecular complexity index is 1120. The van der Waals surface area contributed by atoms with Crippen LogP contribution in [0.2, 0.25) is 0 Å². The van der Waals surface area contributed by atoms with Crippen LogP contribution in [0.25, 0.3) is 0 Å². The zero-order chi connectivity index (χ0) is 23.1. The zero-order valence-corrected chi connectivity index (χ0v) is 18.1. The number of amidine groups is 1. The average Bonchev–Trinajstić information content (AvgIpc) is 2.73. The number of nitrogens with one attached hydrogen (secondary N) is 1. The highest BCUT2D eigenvalue weighted by atomic mass is 32.2. The van der Waals surface area contributed by atoms with E-state index >= 15 is 0 Å². The molecule has 172 valence electrons. The minimum atomic E-state index is -4.55. The van der Waals surface area contributed by atoms with Crippen LogP contribution in [0.1, 0.15) is 5.56 Å². The first-order valence-corrected chi connectivity index (χ1v) is 11.6. The molecular formula is C20H22F3N5O3S. The maximum atomic E-state index is 13.3. The van der Waals surface area contributed by atoms with E-state index < -0.39 is 27.7 Å². The highest BCUT2D eigenvalue weighted by Crippen LogP contribution is 2.36. The van der Waals surface area contributed by atoms with Crippen molar-refractivity contribution in [2.24, 2.45) is 4.40 Å². The lowest BCUT2D eigenvalue weighted by Crippen LogP contribution is -2.44. The molecule has 0 aliphatic carbocycles. The predicted octanol–water partition coefficient (Wildman–Crippen LogP) is 1.89. The Balaban J connectivity index is 1.60. The zero-order valence-electron chi connectivity index (χ0n) is 17.3. The molecule has 4 rings (SSSR count). The van der Waals surface area contributed by atoms with Gasteiger partial charge in [0.05, 0.1) is 28.3 Å². The van der Waals surface area contributed by atoms with Gasteiger partial charge in [0.1, 0.15) is 5.84 Å². The fourth-order valence-electron chi connectivity index (χ4n) is 3.67. The molecule has 32 heavy (non-hydrogen) atoms. The molecule has 0 unspecified atom stereocenters. The summed E-state index contributed by atoms with van der Waals surface area (Å²) in [6, 6.07) is 3.34. The number of nitrogens with zero attached hydrogens (tertiary/aromatic N) is 4. The number of hydrogen-bond acceptors (Lipinski definition) is 6. The van der Waals surface area contributed by atoms with Gasteiger partial charge in [-0.25, -0.2) is 8.42 Å². The number of alkyl halides is 3. The smallest absolute Gasteiger partial charge is 0.367 e. The van der Waals surface area contributed by atoms with Gasteiger partial charge in [-0.2, -0.15) is 13.2 Å². The predicted molar refractivity (Wildman–Crippen MR) is 115 cm³/mol.